The lowest BCUT2D eigenvalue weighted by Crippen LogP contribution is -2.31. The molecular formula is C11H15BrN2O2. The molecule has 0 aliphatic rings. The number of carbonyl (C=O) groups is 1. The van der Waals surface area contributed by atoms with Gasteiger partial charge in [0.05, 0.1) is 6.42 Å². The van der Waals surface area contributed by atoms with Gasteiger partial charge >= 0.3 is 5.97 Å². The van der Waals surface area contributed by atoms with Crippen LogP contribution in [0, 0.1) is 6.92 Å². The molecule has 1 rings (SSSR count). The van der Waals surface area contributed by atoms with Gasteiger partial charge in [0.2, 0.25) is 0 Å². The van der Waals surface area contributed by atoms with Crippen molar-refractivity contribution in [3.63, 3.8) is 0 Å². The number of rotatable bonds is 5. The van der Waals surface area contributed by atoms with Gasteiger partial charge in [-0.05, 0) is 24.6 Å². The smallest absolute Gasteiger partial charge is 0.304 e. The Balaban J connectivity index is 2.54. The van der Waals surface area contributed by atoms with Crippen molar-refractivity contribution < 1.29 is 9.90 Å². The summed E-state index contributed by atoms with van der Waals surface area (Å²) in [6.45, 7) is 2.43. The van der Waals surface area contributed by atoms with Crippen molar-refractivity contribution in [2.75, 3.05) is 11.9 Å². The van der Waals surface area contributed by atoms with Crippen LogP contribution in [0.25, 0.3) is 0 Å². The Hall–Kier alpha value is -1.07. The number of aryl methyl sites for hydroxylation is 1. The van der Waals surface area contributed by atoms with E-state index in [1.165, 1.54) is 0 Å². The molecule has 0 radical (unpaired) electrons. The van der Waals surface area contributed by atoms with Crippen LogP contribution in [-0.4, -0.2) is 23.7 Å². The molecule has 1 unspecified atom stereocenters. The average Bonchev–Trinajstić information content (AvgIpc) is 2.18. The zero-order chi connectivity index (χ0) is 12.1. The molecule has 1 aromatic carbocycles. The van der Waals surface area contributed by atoms with Gasteiger partial charge < -0.3 is 16.2 Å². The Kier molecular flexibility index (Phi) is 4.76. The molecule has 0 aliphatic carbocycles. The van der Waals surface area contributed by atoms with E-state index < -0.39 is 5.97 Å². The first-order valence-corrected chi connectivity index (χ1v) is 5.75. The van der Waals surface area contributed by atoms with Crippen molar-refractivity contribution in [1.29, 1.82) is 0 Å². The first kappa shape index (κ1) is 13.0. The molecule has 0 aromatic heterocycles. The molecule has 0 fully saturated rings. The van der Waals surface area contributed by atoms with Crippen LogP contribution in [0.1, 0.15) is 12.0 Å². The number of hydrogen-bond donors (Lipinski definition) is 3. The molecule has 0 saturated heterocycles. The molecular weight excluding hydrogens is 272 g/mol. The number of aliphatic carboxylic acids is 1. The number of carboxylic acid groups (broad SMARTS) is 1. The molecule has 0 spiro atoms. The second-order valence-corrected chi connectivity index (χ2v) is 4.61. The number of halogens is 1. The van der Waals surface area contributed by atoms with Crippen LogP contribution in [0.5, 0.6) is 0 Å². The maximum absolute atomic E-state index is 10.4. The molecule has 0 bridgehead atoms. The van der Waals surface area contributed by atoms with E-state index in [-0.39, 0.29) is 12.5 Å². The minimum absolute atomic E-state index is 0.0277. The number of anilines is 1. The van der Waals surface area contributed by atoms with Gasteiger partial charge in [0.25, 0.3) is 0 Å². The van der Waals surface area contributed by atoms with Gasteiger partial charge in [-0.1, -0.05) is 22.0 Å². The third-order valence-corrected chi connectivity index (χ3v) is 2.68. The molecule has 0 saturated carbocycles. The number of hydrogen-bond acceptors (Lipinski definition) is 3. The van der Waals surface area contributed by atoms with E-state index in [2.05, 4.69) is 21.2 Å². The van der Waals surface area contributed by atoms with Crippen LogP contribution in [0.3, 0.4) is 0 Å². The van der Waals surface area contributed by atoms with Gasteiger partial charge in [0.1, 0.15) is 0 Å². The van der Waals surface area contributed by atoms with Crippen LogP contribution in [0.15, 0.2) is 22.7 Å². The van der Waals surface area contributed by atoms with Crippen molar-refractivity contribution in [1.82, 2.24) is 0 Å². The zero-order valence-electron chi connectivity index (χ0n) is 9.03. The minimum atomic E-state index is -0.875. The molecule has 1 aromatic rings. The van der Waals surface area contributed by atoms with Crippen molar-refractivity contribution in [3.05, 3.63) is 28.2 Å². The lowest BCUT2D eigenvalue weighted by molar-refractivity contribution is -0.137. The van der Waals surface area contributed by atoms with Crippen molar-refractivity contribution in [3.8, 4) is 0 Å². The summed E-state index contributed by atoms with van der Waals surface area (Å²) in [6, 6.07) is 5.51. The quantitative estimate of drug-likeness (QED) is 0.774. The second kappa shape index (κ2) is 5.86. The molecule has 0 aliphatic heterocycles. The van der Waals surface area contributed by atoms with Crippen LogP contribution in [-0.2, 0) is 4.79 Å². The largest absolute Gasteiger partial charge is 0.481 e. The highest BCUT2D eigenvalue weighted by Crippen LogP contribution is 2.20. The summed E-state index contributed by atoms with van der Waals surface area (Å²) in [5.41, 5.74) is 7.73. The topological polar surface area (TPSA) is 75.3 Å². The van der Waals surface area contributed by atoms with Crippen molar-refractivity contribution in [2.45, 2.75) is 19.4 Å². The number of benzene rings is 1. The Bertz CT molecular complexity index is 382. The van der Waals surface area contributed by atoms with Crippen LogP contribution < -0.4 is 11.1 Å². The SMILES string of the molecule is Cc1ccc(Br)cc1NCC(N)CC(=O)O. The third-order valence-electron chi connectivity index (χ3n) is 2.19. The number of carboxylic acids is 1. The number of nitrogens with one attached hydrogen (secondary N) is 1. The Morgan fingerprint density at radius 2 is 2.31 bits per heavy atom. The van der Waals surface area contributed by atoms with E-state index in [0.717, 1.165) is 15.7 Å². The summed E-state index contributed by atoms with van der Waals surface area (Å²) in [7, 11) is 0. The Morgan fingerprint density at radius 1 is 1.62 bits per heavy atom. The Labute approximate surface area is 103 Å². The fourth-order valence-corrected chi connectivity index (χ4v) is 1.68. The molecule has 0 heterocycles. The zero-order valence-corrected chi connectivity index (χ0v) is 10.6. The van der Waals surface area contributed by atoms with Gasteiger partial charge in [0.15, 0.2) is 0 Å². The fraction of sp³-hybridized carbons (Fsp3) is 0.364. The first-order valence-electron chi connectivity index (χ1n) is 4.96. The summed E-state index contributed by atoms with van der Waals surface area (Å²) in [4.78, 5) is 10.4. The van der Waals surface area contributed by atoms with Gasteiger partial charge in [-0.25, -0.2) is 0 Å². The second-order valence-electron chi connectivity index (χ2n) is 3.70. The van der Waals surface area contributed by atoms with Gasteiger partial charge in [0, 0.05) is 22.7 Å². The molecule has 88 valence electrons. The molecule has 16 heavy (non-hydrogen) atoms. The predicted molar refractivity (Wildman–Crippen MR) is 67.6 cm³/mol. The molecule has 1 atom stereocenters. The monoisotopic (exact) mass is 286 g/mol. The maximum atomic E-state index is 10.4. The normalized spacial score (nSPS) is 12.2. The summed E-state index contributed by atoms with van der Waals surface area (Å²) >= 11 is 3.38. The summed E-state index contributed by atoms with van der Waals surface area (Å²) in [5.74, 6) is -0.875. The van der Waals surface area contributed by atoms with Gasteiger partial charge in [-0.15, -0.1) is 0 Å². The highest BCUT2D eigenvalue weighted by molar-refractivity contribution is 9.10. The van der Waals surface area contributed by atoms with Gasteiger partial charge in [-0.2, -0.15) is 0 Å². The molecule has 4 N–H and O–H groups in total. The van der Waals surface area contributed by atoms with E-state index in [1.54, 1.807) is 0 Å². The number of nitrogens with two attached hydrogens (primary N) is 1. The van der Waals surface area contributed by atoms with Crippen molar-refractivity contribution >= 4 is 27.6 Å². The summed E-state index contributed by atoms with van der Waals surface area (Å²) < 4.78 is 0.979. The van der Waals surface area contributed by atoms with Crippen LogP contribution in [0.4, 0.5) is 5.69 Å². The first-order chi connectivity index (χ1) is 7.49. The highest BCUT2D eigenvalue weighted by atomic mass is 79.9. The minimum Gasteiger partial charge on any atom is -0.481 e. The van der Waals surface area contributed by atoms with E-state index in [4.69, 9.17) is 10.8 Å². The Morgan fingerprint density at radius 3 is 2.94 bits per heavy atom. The maximum Gasteiger partial charge on any atom is 0.304 e. The van der Waals surface area contributed by atoms with Crippen LogP contribution in [0.2, 0.25) is 0 Å². The van der Waals surface area contributed by atoms with E-state index in [1.807, 2.05) is 25.1 Å². The standard InChI is InChI=1S/C11H15BrN2O2/c1-7-2-3-8(12)4-10(7)14-6-9(13)5-11(15)16/h2-4,9,14H,5-6,13H2,1H3,(H,15,16). The van der Waals surface area contributed by atoms with Gasteiger partial charge in [-0.3, -0.25) is 4.79 Å². The fourth-order valence-electron chi connectivity index (χ4n) is 1.32. The average molecular weight is 287 g/mol. The predicted octanol–water partition coefficient (Wildman–Crippen LogP) is 1.97. The summed E-state index contributed by atoms with van der Waals surface area (Å²) in [5, 5.41) is 11.7. The molecule has 5 heteroatoms. The molecule has 4 nitrogen and oxygen atoms in total. The highest BCUT2D eigenvalue weighted by Gasteiger charge is 2.08. The third kappa shape index (κ3) is 4.20. The van der Waals surface area contributed by atoms with E-state index in [0.29, 0.717) is 6.54 Å². The van der Waals surface area contributed by atoms with E-state index >= 15 is 0 Å². The lowest BCUT2D eigenvalue weighted by atomic mass is 10.2. The lowest BCUT2D eigenvalue weighted by Gasteiger charge is -2.13. The van der Waals surface area contributed by atoms with E-state index in [9.17, 15) is 4.79 Å². The van der Waals surface area contributed by atoms with Crippen molar-refractivity contribution in [2.24, 2.45) is 5.73 Å². The summed E-state index contributed by atoms with van der Waals surface area (Å²) in [6.07, 6.45) is -0.0277. The molecule has 0 amide bonds. The van der Waals surface area contributed by atoms with Crippen LogP contribution >= 0.6 is 15.9 Å².